The highest BCUT2D eigenvalue weighted by atomic mass is 32.2. The average molecular weight is 437 g/mol. The quantitative estimate of drug-likeness (QED) is 0.681. The summed E-state index contributed by atoms with van der Waals surface area (Å²) in [5, 5.41) is 6.55. The number of hydrogen-bond donors (Lipinski definition) is 2. The zero-order valence-corrected chi connectivity index (χ0v) is 19.7. The Bertz CT molecular complexity index is 997. The fourth-order valence-corrected chi connectivity index (χ4v) is 4.15. The molecule has 2 N–H and O–H groups in total. The van der Waals surface area contributed by atoms with Gasteiger partial charge in [0.25, 0.3) is 10.0 Å². The van der Waals surface area contributed by atoms with Crippen LogP contribution in [-0.2, 0) is 27.4 Å². The van der Waals surface area contributed by atoms with Gasteiger partial charge in [0.15, 0.2) is 5.03 Å². The third-order valence-electron chi connectivity index (χ3n) is 5.10. The molecule has 0 spiro atoms. The van der Waals surface area contributed by atoms with Gasteiger partial charge in [0.05, 0.1) is 5.69 Å². The number of hydrogen-bond acceptors (Lipinski definition) is 5. The number of anilines is 1. The SMILES string of the molecule is COC(C)(C)c1cc(S(=O)(=O)NC(=O)Nc2c(C(C)C)cccc2C(C)C)nn1C. The Labute approximate surface area is 179 Å². The first kappa shape index (κ1) is 23.9. The van der Waals surface area contributed by atoms with Crippen LogP contribution in [0.5, 0.6) is 0 Å². The van der Waals surface area contributed by atoms with Gasteiger partial charge < -0.3 is 10.1 Å². The minimum Gasteiger partial charge on any atom is -0.373 e. The van der Waals surface area contributed by atoms with E-state index in [2.05, 4.69) is 15.1 Å². The van der Waals surface area contributed by atoms with E-state index >= 15 is 0 Å². The van der Waals surface area contributed by atoms with Crippen molar-refractivity contribution in [3.05, 3.63) is 41.1 Å². The van der Waals surface area contributed by atoms with E-state index in [0.717, 1.165) is 11.1 Å². The Hall–Kier alpha value is -2.39. The number of para-hydroxylation sites is 1. The van der Waals surface area contributed by atoms with E-state index in [4.69, 9.17) is 4.74 Å². The van der Waals surface area contributed by atoms with Crippen LogP contribution in [0.4, 0.5) is 10.5 Å². The van der Waals surface area contributed by atoms with E-state index in [1.54, 1.807) is 20.9 Å². The van der Waals surface area contributed by atoms with E-state index in [0.29, 0.717) is 11.4 Å². The molecule has 0 radical (unpaired) electrons. The van der Waals surface area contributed by atoms with Gasteiger partial charge in [-0.2, -0.15) is 13.5 Å². The molecular weight excluding hydrogens is 404 g/mol. The summed E-state index contributed by atoms with van der Waals surface area (Å²) in [5.74, 6) is 0.315. The number of aromatic nitrogens is 2. The third-order valence-corrected chi connectivity index (χ3v) is 6.30. The lowest BCUT2D eigenvalue weighted by molar-refractivity contribution is 0.0123. The fraction of sp³-hybridized carbons (Fsp3) is 0.524. The first-order chi connectivity index (χ1) is 13.8. The van der Waals surface area contributed by atoms with Crippen LogP contribution < -0.4 is 10.0 Å². The molecule has 0 atom stereocenters. The highest BCUT2D eigenvalue weighted by molar-refractivity contribution is 7.90. The number of nitrogens with one attached hydrogen (secondary N) is 2. The van der Waals surface area contributed by atoms with Gasteiger partial charge in [-0.25, -0.2) is 9.52 Å². The van der Waals surface area contributed by atoms with Gasteiger partial charge in [-0.1, -0.05) is 45.9 Å². The molecule has 2 rings (SSSR count). The second-order valence-electron chi connectivity index (χ2n) is 8.39. The second kappa shape index (κ2) is 8.77. The summed E-state index contributed by atoms with van der Waals surface area (Å²) in [7, 11) is -1.00. The number of urea groups is 1. The predicted octanol–water partition coefficient (Wildman–Crippen LogP) is 4.06. The fourth-order valence-electron chi connectivity index (χ4n) is 3.25. The zero-order chi connectivity index (χ0) is 22.9. The van der Waals surface area contributed by atoms with Gasteiger partial charge in [0.2, 0.25) is 0 Å². The van der Waals surface area contributed by atoms with Crippen molar-refractivity contribution < 1.29 is 17.9 Å². The lowest BCUT2D eigenvalue weighted by Crippen LogP contribution is -2.35. The minimum absolute atomic E-state index is 0.158. The summed E-state index contributed by atoms with van der Waals surface area (Å²) in [6.45, 7) is 11.7. The van der Waals surface area contributed by atoms with Gasteiger partial charge in [-0.3, -0.25) is 4.68 Å². The number of amides is 2. The summed E-state index contributed by atoms with van der Waals surface area (Å²) < 4.78 is 34.4. The Morgan fingerprint density at radius 1 is 1.13 bits per heavy atom. The second-order valence-corrected chi connectivity index (χ2v) is 10.0. The molecule has 0 saturated carbocycles. The lowest BCUT2D eigenvalue weighted by Gasteiger charge is -2.22. The van der Waals surface area contributed by atoms with Crippen molar-refractivity contribution in [1.29, 1.82) is 0 Å². The number of benzene rings is 1. The molecule has 0 saturated heterocycles. The first-order valence-electron chi connectivity index (χ1n) is 9.86. The minimum atomic E-state index is -4.17. The normalized spacial score (nSPS) is 12.5. The number of rotatable bonds is 7. The number of aryl methyl sites for hydroxylation is 1. The maximum atomic E-state index is 12.8. The summed E-state index contributed by atoms with van der Waals surface area (Å²) in [5.41, 5.74) is 2.35. The van der Waals surface area contributed by atoms with Crippen molar-refractivity contribution in [3.8, 4) is 0 Å². The van der Waals surface area contributed by atoms with Crippen molar-refractivity contribution in [2.75, 3.05) is 12.4 Å². The largest absolute Gasteiger partial charge is 0.373 e. The first-order valence-corrected chi connectivity index (χ1v) is 11.3. The number of nitrogens with zero attached hydrogens (tertiary/aromatic N) is 2. The summed E-state index contributed by atoms with van der Waals surface area (Å²) in [6.07, 6.45) is 0. The van der Waals surface area contributed by atoms with Crippen molar-refractivity contribution in [1.82, 2.24) is 14.5 Å². The Balaban J connectivity index is 2.33. The third kappa shape index (κ3) is 5.02. The van der Waals surface area contributed by atoms with E-state index in [-0.39, 0.29) is 16.9 Å². The smallest absolute Gasteiger partial charge is 0.333 e. The number of carbonyl (C=O) groups excluding carboxylic acids is 1. The molecule has 0 fully saturated rings. The van der Waals surface area contributed by atoms with Crippen molar-refractivity contribution >= 4 is 21.7 Å². The number of ether oxygens (including phenoxy) is 1. The van der Waals surface area contributed by atoms with E-state index in [1.807, 2.05) is 45.9 Å². The molecule has 0 aliphatic rings. The average Bonchev–Trinajstić information content (AvgIpc) is 3.04. The molecule has 2 amide bonds. The lowest BCUT2D eigenvalue weighted by atomic mass is 9.93. The number of carbonyl (C=O) groups is 1. The van der Waals surface area contributed by atoms with Crippen LogP contribution in [0.15, 0.2) is 29.3 Å². The van der Waals surface area contributed by atoms with Gasteiger partial charge >= 0.3 is 6.03 Å². The molecule has 1 aromatic heterocycles. The van der Waals surface area contributed by atoms with E-state index in [1.165, 1.54) is 17.9 Å². The summed E-state index contributed by atoms with van der Waals surface area (Å²) in [4.78, 5) is 12.6. The number of methoxy groups -OCH3 is 1. The van der Waals surface area contributed by atoms with Crippen LogP contribution in [0.3, 0.4) is 0 Å². The van der Waals surface area contributed by atoms with Crippen LogP contribution in [0.2, 0.25) is 0 Å². The van der Waals surface area contributed by atoms with Gasteiger partial charge in [0, 0.05) is 25.9 Å². The van der Waals surface area contributed by atoms with Crippen LogP contribution in [0, 0.1) is 0 Å². The molecular formula is C21H32N4O4S. The van der Waals surface area contributed by atoms with Crippen LogP contribution in [-0.4, -0.2) is 31.3 Å². The van der Waals surface area contributed by atoms with Crippen molar-refractivity contribution in [2.45, 2.75) is 64.0 Å². The van der Waals surface area contributed by atoms with Crippen molar-refractivity contribution in [3.63, 3.8) is 0 Å². The molecule has 8 nitrogen and oxygen atoms in total. The predicted molar refractivity (Wildman–Crippen MR) is 117 cm³/mol. The van der Waals surface area contributed by atoms with Crippen molar-refractivity contribution in [2.24, 2.45) is 7.05 Å². The van der Waals surface area contributed by atoms with Crippen LogP contribution in [0.1, 0.15) is 70.2 Å². The maximum Gasteiger partial charge on any atom is 0.333 e. The molecule has 0 unspecified atom stereocenters. The summed E-state index contributed by atoms with van der Waals surface area (Å²) >= 11 is 0. The monoisotopic (exact) mass is 436 g/mol. The molecule has 9 heteroatoms. The Kier molecular flexibility index (Phi) is 6.98. The van der Waals surface area contributed by atoms with Crippen LogP contribution in [0.25, 0.3) is 0 Å². The molecule has 1 aromatic carbocycles. The Morgan fingerprint density at radius 3 is 2.13 bits per heavy atom. The maximum absolute atomic E-state index is 12.8. The zero-order valence-electron chi connectivity index (χ0n) is 18.9. The molecule has 0 aliphatic carbocycles. The Morgan fingerprint density at radius 2 is 1.67 bits per heavy atom. The molecule has 2 aromatic rings. The topological polar surface area (TPSA) is 102 Å². The van der Waals surface area contributed by atoms with E-state index in [9.17, 15) is 13.2 Å². The molecule has 0 bridgehead atoms. The molecule has 166 valence electrons. The highest BCUT2D eigenvalue weighted by Crippen LogP contribution is 2.32. The molecule has 1 heterocycles. The van der Waals surface area contributed by atoms with Crippen LogP contribution >= 0.6 is 0 Å². The standard InChI is InChI=1S/C21H32N4O4S/c1-13(2)15-10-9-11-16(14(3)4)19(15)22-20(26)24-30(27,28)18-12-17(25(7)23-18)21(5,6)29-8/h9-14H,1-8H3,(H2,22,24,26). The highest BCUT2D eigenvalue weighted by Gasteiger charge is 2.29. The van der Waals surface area contributed by atoms with Gasteiger partial charge in [0.1, 0.15) is 5.60 Å². The van der Waals surface area contributed by atoms with E-state index < -0.39 is 21.7 Å². The van der Waals surface area contributed by atoms with Gasteiger partial charge in [-0.15, -0.1) is 0 Å². The van der Waals surface area contributed by atoms with Gasteiger partial charge in [-0.05, 0) is 36.8 Å². The molecule has 30 heavy (non-hydrogen) atoms. The summed E-state index contributed by atoms with van der Waals surface area (Å²) in [6, 6.07) is 6.37. The molecule has 0 aliphatic heterocycles. The number of sulfonamides is 1.